The average molecular weight is 639 g/mol. The smallest absolute Gasteiger partial charge is 0.406 e. The van der Waals surface area contributed by atoms with Gasteiger partial charge >= 0.3 is 12.4 Å². The fraction of sp³-hybridized carbons (Fsp3) is 0.250. The number of nitrogens with zero attached hydrogens (tertiary/aromatic N) is 5. The van der Waals surface area contributed by atoms with Crippen molar-refractivity contribution in [2.45, 2.75) is 52.4 Å². The zero-order valence-corrected chi connectivity index (χ0v) is 25.7. The van der Waals surface area contributed by atoms with Gasteiger partial charge in [0.15, 0.2) is 10.6 Å². The van der Waals surface area contributed by atoms with Gasteiger partial charge in [0.05, 0.1) is 17.4 Å². The second-order valence-electron chi connectivity index (χ2n) is 10.6. The lowest BCUT2D eigenvalue weighted by Crippen LogP contribution is -2.28. The maximum atomic E-state index is 14.0. The van der Waals surface area contributed by atoms with Crippen LogP contribution in [0.25, 0.3) is 22.8 Å². The van der Waals surface area contributed by atoms with E-state index in [4.69, 9.17) is 0 Å². The lowest BCUT2D eigenvalue weighted by molar-refractivity contribution is -0.274. The summed E-state index contributed by atoms with van der Waals surface area (Å²) >= 11 is 1.33. The Morgan fingerprint density at radius 1 is 1.07 bits per heavy atom. The Bertz CT molecular complexity index is 1860. The number of carbonyl (C=O) groups excluding carboxylic acids is 1. The zero-order valence-electron chi connectivity index (χ0n) is 24.8. The predicted molar refractivity (Wildman–Crippen MR) is 163 cm³/mol. The highest BCUT2D eigenvalue weighted by Gasteiger charge is 2.31. The maximum Gasteiger partial charge on any atom is 0.573 e. The Morgan fingerprint density at radius 2 is 1.78 bits per heavy atom. The van der Waals surface area contributed by atoms with E-state index in [2.05, 4.69) is 25.1 Å². The van der Waals surface area contributed by atoms with Crippen molar-refractivity contribution < 1.29 is 27.1 Å². The number of carbonyl (C=O) groups is 1. The highest BCUT2D eigenvalue weighted by molar-refractivity contribution is 7.07. The number of urea groups is 1. The fourth-order valence-electron chi connectivity index (χ4n) is 4.83. The Hall–Kier alpha value is -4.78. The number of aromatic nitrogens is 4. The summed E-state index contributed by atoms with van der Waals surface area (Å²) in [4.78, 5) is 22.3. The topological polar surface area (TPSA) is 86.3 Å². The van der Waals surface area contributed by atoms with E-state index in [1.54, 1.807) is 6.07 Å². The van der Waals surface area contributed by atoms with E-state index in [0.717, 1.165) is 28.1 Å². The molecule has 0 fully saturated rings. The summed E-state index contributed by atoms with van der Waals surface area (Å²) in [6, 6.07) is 16.5. The zero-order chi connectivity index (χ0) is 32.3. The largest absolute Gasteiger partial charge is 0.573 e. The molecule has 0 spiro atoms. The van der Waals surface area contributed by atoms with Gasteiger partial charge in [0.2, 0.25) is 0 Å². The van der Waals surface area contributed by atoms with Crippen molar-refractivity contribution in [2.75, 3.05) is 0 Å². The van der Waals surface area contributed by atoms with Gasteiger partial charge in [-0.25, -0.2) is 18.9 Å². The minimum atomic E-state index is -4.77. The van der Waals surface area contributed by atoms with Crippen LogP contribution in [0.5, 0.6) is 5.75 Å². The quantitative estimate of drug-likeness (QED) is 0.175. The molecule has 0 bridgehead atoms. The fourth-order valence-corrected chi connectivity index (χ4v) is 5.69. The molecule has 5 aromatic rings. The number of amides is 2. The van der Waals surface area contributed by atoms with Crippen LogP contribution < -0.4 is 14.9 Å². The van der Waals surface area contributed by atoms with Gasteiger partial charge in [0, 0.05) is 16.6 Å². The van der Waals surface area contributed by atoms with Gasteiger partial charge < -0.3 is 10.1 Å². The molecule has 8 nitrogen and oxygen atoms in total. The van der Waals surface area contributed by atoms with E-state index in [0.29, 0.717) is 22.7 Å². The first-order valence-electron chi connectivity index (χ1n) is 14.1. The van der Waals surface area contributed by atoms with E-state index < -0.39 is 12.4 Å². The summed E-state index contributed by atoms with van der Waals surface area (Å²) in [5.74, 6) is -0.163. The summed E-state index contributed by atoms with van der Waals surface area (Å²) in [7, 11) is 0. The van der Waals surface area contributed by atoms with Crippen LogP contribution in [-0.2, 0) is 0 Å². The molecule has 1 atom stereocenters. The molecule has 13 heteroatoms. The lowest BCUT2D eigenvalue weighted by Gasteiger charge is -2.17. The molecule has 0 aliphatic rings. The van der Waals surface area contributed by atoms with Crippen LogP contribution in [0.2, 0.25) is 0 Å². The summed E-state index contributed by atoms with van der Waals surface area (Å²) in [6.45, 7) is 7.85. The molecule has 0 radical (unpaired) electrons. The van der Waals surface area contributed by atoms with Gasteiger partial charge in [0.1, 0.15) is 17.9 Å². The number of nitrogens with one attached hydrogen (secondary N) is 1. The monoisotopic (exact) mass is 638 g/mol. The van der Waals surface area contributed by atoms with Gasteiger partial charge in [-0.3, -0.25) is 4.57 Å². The molecule has 1 unspecified atom stereocenters. The Labute approximate surface area is 260 Å². The van der Waals surface area contributed by atoms with Crippen molar-refractivity contribution in [3.63, 3.8) is 0 Å². The molecule has 3 aromatic carbocycles. The minimum Gasteiger partial charge on any atom is -0.406 e. The number of aryl methyl sites for hydroxylation is 1. The second kappa shape index (κ2) is 13.1. The summed E-state index contributed by atoms with van der Waals surface area (Å²) in [6.07, 6.45) is -2.69. The molecule has 0 saturated carbocycles. The summed E-state index contributed by atoms with van der Waals surface area (Å²) in [5, 5.41) is 9.32. The first kappa shape index (κ1) is 31.6. The highest BCUT2D eigenvalue weighted by atomic mass is 32.1. The number of ether oxygens (including phenoxy) is 1. The average Bonchev–Trinajstić information content (AvgIpc) is 3.63. The Balaban J connectivity index is 1.31. The minimum absolute atomic E-state index is 0.0638. The molecule has 0 aliphatic carbocycles. The summed E-state index contributed by atoms with van der Waals surface area (Å²) < 4.78 is 58.6. The van der Waals surface area contributed by atoms with E-state index in [1.807, 2.05) is 61.9 Å². The molecule has 0 aliphatic heterocycles. The molecular weight excluding hydrogens is 608 g/mol. The number of thiazole rings is 1. The SMILES string of the molecule is CCC(NC(=O)N=c1scc(C)n1-c1ccc(F)cc1C(C)C)c1ccc(-c2ncn(-c3ccc(OC(F)(F)F)cc3)n2)cc1. The van der Waals surface area contributed by atoms with Crippen molar-refractivity contribution in [3.8, 4) is 28.5 Å². The first-order chi connectivity index (χ1) is 21.4. The lowest BCUT2D eigenvalue weighted by atomic mass is 10.0. The van der Waals surface area contributed by atoms with Gasteiger partial charge in [0.25, 0.3) is 0 Å². The number of hydrogen-bond acceptors (Lipinski definition) is 5. The van der Waals surface area contributed by atoms with Crippen LogP contribution in [0.3, 0.4) is 0 Å². The van der Waals surface area contributed by atoms with E-state index in [1.165, 1.54) is 58.7 Å². The molecule has 1 N–H and O–H groups in total. The third kappa shape index (κ3) is 7.48. The standard InChI is InChI=1S/C32H30F4N6O2S/c1-5-27(38-30(43)39-31-42(20(4)17-45-31)28-15-10-23(33)16-26(28)19(2)3)21-6-8-22(9-7-21)29-37-18-41(40-29)24-11-13-25(14-12-24)44-32(34,35)36/h6-19,27H,5H2,1-4H3,(H,38,43). The predicted octanol–water partition coefficient (Wildman–Crippen LogP) is 8.02. The van der Waals surface area contributed by atoms with Gasteiger partial charge in [-0.1, -0.05) is 45.0 Å². The molecule has 2 amide bonds. The molecule has 234 valence electrons. The molecule has 5 rings (SSSR count). The first-order valence-corrected chi connectivity index (χ1v) is 15.0. The Morgan fingerprint density at radius 3 is 2.42 bits per heavy atom. The molecule has 2 heterocycles. The van der Waals surface area contributed by atoms with Crippen molar-refractivity contribution >= 4 is 17.4 Å². The van der Waals surface area contributed by atoms with Crippen molar-refractivity contribution in [1.82, 2.24) is 24.6 Å². The highest BCUT2D eigenvalue weighted by Crippen LogP contribution is 2.26. The van der Waals surface area contributed by atoms with Crippen LogP contribution in [0.15, 0.2) is 83.4 Å². The number of rotatable bonds is 8. The number of benzene rings is 3. The normalized spacial score (nSPS) is 12.9. The van der Waals surface area contributed by atoms with E-state index in [9.17, 15) is 22.4 Å². The van der Waals surface area contributed by atoms with E-state index >= 15 is 0 Å². The third-order valence-corrected chi connectivity index (χ3v) is 7.98. The van der Waals surface area contributed by atoms with Crippen LogP contribution in [0.4, 0.5) is 22.4 Å². The van der Waals surface area contributed by atoms with Crippen molar-refractivity contribution in [1.29, 1.82) is 0 Å². The van der Waals surface area contributed by atoms with Gasteiger partial charge in [-0.15, -0.1) is 29.6 Å². The van der Waals surface area contributed by atoms with Crippen molar-refractivity contribution in [2.24, 2.45) is 4.99 Å². The molecule has 45 heavy (non-hydrogen) atoms. The molecule has 0 saturated heterocycles. The Kier molecular flexibility index (Phi) is 9.19. The van der Waals surface area contributed by atoms with Crippen LogP contribution in [0, 0.1) is 12.7 Å². The molecule has 2 aromatic heterocycles. The van der Waals surface area contributed by atoms with E-state index in [-0.39, 0.29) is 23.5 Å². The number of hydrogen-bond donors (Lipinski definition) is 1. The summed E-state index contributed by atoms with van der Waals surface area (Å²) in [5.41, 5.74) is 4.57. The van der Waals surface area contributed by atoms with Gasteiger partial charge in [-0.05, 0) is 72.9 Å². The third-order valence-electron chi connectivity index (χ3n) is 7.03. The van der Waals surface area contributed by atoms with Crippen LogP contribution in [0.1, 0.15) is 56.0 Å². The van der Waals surface area contributed by atoms with Crippen LogP contribution >= 0.6 is 11.3 Å². The van der Waals surface area contributed by atoms with Gasteiger partial charge in [-0.2, -0.15) is 4.99 Å². The van der Waals surface area contributed by atoms with Crippen molar-refractivity contribution in [3.05, 3.63) is 106 Å². The molecular formula is C32H30F4N6O2S. The second-order valence-corrected chi connectivity index (χ2v) is 11.4. The maximum absolute atomic E-state index is 14.0. The van der Waals surface area contributed by atoms with Crippen LogP contribution in [-0.4, -0.2) is 31.7 Å². The number of halogens is 4. The number of alkyl halides is 3.